The van der Waals surface area contributed by atoms with Gasteiger partial charge in [0.2, 0.25) is 0 Å². The number of hydrogen-bond donors (Lipinski definition) is 7. The van der Waals surface area contributed by atoms with Crippen molar-refractivity contribution in [3.8, 4) is 0 Å². The van der Waals surface area contributed by atoms with Crippen LogP contribution in [0.15, 0.2) is 0 Å². The van der Waals surface area contributed by atoms with E-state index in [2.05, 4.69) is 4.52 Å². The van der Waals surface area contributed by atoms with Crippen LogP contribution >= 0.6 is 7.82 Å². The van der Waals surface area contributed by atoms with Gasteiger partial charge in [-0.05, 0) is 0 Å². The Balaban J connectivity index is 2.87. The number of aliphatic hydroxyl groups excluding tert-OH is 5. The summed E-state index contributed by atoms with van der Waals surface area (Å²) in [6.45, 7) is 0. The molecule has 0 radical (unpaired) electrons. The Hall–Kier alpha value is -0.0900. The Kier molecular flexibility index (Phi) is 4.06. The van der Waals surface area contributed by atoms with Crippen molar-refractivity contribution in [3.05, 3.63) is 0 Å². The number of phosphoric ester groups is 1. The molecule has 10 heteroatoms. The van der Waals surface area contributed by atoms with Crippen LogP contribution in [-0.2, 0) is 9.09 Å². The quantitative estimate of drug-likeness (QED) is 0.247. The summed E-state index contributed by atoms with van der Waals surface area (Å²) in [5.41, 5.74) is 0. The van der Waals surface area contributed by atoms with Gasteiger partial charge >= 0.3 is 7.82 Å². The van der Waals surface area contributed by atoms with Crippen LogP contribution in [0.4, 0.5) is 0 Å². The Morgan fingerprint density at radius 1 is 0.750 bits per heavy atom. The van der Waals surface area contributed by atoms with Crippen molar-refractivity contribution in [1.29, 1.82) is 0 Å². The summed E-state index contributed by atoms with van der Waals surface area (Å²) in [6.07, 6.45) is -11.3. The molecule has 0 aromatic heterocycles. The lowest BCUT2D eigenvalue weighted by atomic mass is 9.85. The first-order valence-electron chi connectivity index (χ1n) is 4.29. The van der Waals surface area contributed by atoms with E-state index < -0.39 is 44.4 Å². The first-order chi connectivity index (χ1) is 7.15. The summed E-state index contributed by atoms with van der Waals surface area (Å²) >= 11 is 0. The fourth-order valence-corrected chi connectivity index (χ4v) is 2.05. The highest BCUT2D eigenvalue weighted by Gasteiger charge is 2.50. The van der Waals surface area contributed by atoms with Crippen molar-refractivity contribution < 1.29 is 44.4 Å². The maximum Gasteiger partial charge on any atom is 0.470 e. The molecule has 9 nitrogen and oxygen atoms in total. The van der Waals surface area contributed by atoms with E-state index in [0.717, 1.165) is 0 Å². The second-order valence-electron chi connectivity index (χ2n) is 3.51. The molecule has 0 aromatic rings. The van der Waals surface area contributed by atoms with Crippen LogP contribution < -0.4 is 0 Å². The third kappa shape index (κ3) is 2.77. The van der Waals surface area contributed by atoms with Crippen LogP contribution in [0.5, 0.6) is 0 Å². The SMILES string of the molecule is O=P(O)(O)O[C@@H]1[C@H](O)[C@H](O)[C@H](O)[C@@H](O)[C@@H]1O. The van der Waals surface area contributed by atoms with Crippen molar-refractivity contribution in [2.24, 2.45) is 0 Å². The van der Waals surface area contributed by atoms with Crippen molar-refractivity contribution in [1.82, 2.24) is 0 Å². The van der Waals surface area contributed by atoms with E-state index in [-0.39, 0.29) is 0 Å². The summed E-state index contributed by atoms with van der Waals surface area (Å²) in [6, 6.07) is 0. The van der Waals surface area contributed by atoms with Crippen molar-refractivity contribution in [3.63, 3.8) is 0 Å². The third-order valence-electron chi connectivity index (χ3n) is 2.33. The van der Waals surface area contributed by atoms with Gasteiger partial charge in [-0.25, -0.2) is 4.57 Å². The van der Waals surface area contributed by atoms with E-state index in [9.17, 15) is 25.0 Å². The molecule has 0 aliphatic heterocycles. The van der Waals surface area contributed by atoms with Gasteiger partial charge in [-0.3, -0.25) is 4.52 Å². The second-order valence-corrected chi connectivity index (χ2v) is 4.71. The lowest BCUT2D eigenvalue weighted by molar-refractivity contribution is -0.219. The molecule has 0 amide bonds. The monoisotopic (exact) mass is 260 g/mol. The minimum atomic E-state index is -5.01. The van der Waals surface area contributed by atoms with E-state index in [1.165, 1.54) is 0 Å². The first-order valence-corrected chi connectivity index (χ1v) is 5.82. The fourth-order valence-electron chi connectivity index (χ4n) is 1.48. The molecule has 0 heterocycles. The molecule has 0 saturated heterocycles. The molecule has 1 aliphatic carbocycles. The maximum absolute atomic E-state index is 10.5. The van der Waals surface area contributed by atoms with E-state index in [0.29, 0.717) is 0 Å². The number of rotatable bonds is 2. The minimum absolute atomic E-state index is 1.83. The fraction of sp³-hybridized carbons (Fsp3) is 1.00. The lowest BCUT2D eigenvalue weighted by Gasteiger charge is -2.41. The van der Waals surface area contributed by atoms with Crippen molar-refractivity contribution in [2.45, 2.75) is 36.6 Å². The molecule has 6 atom stereocenters. The second kappa shape index (κ2) is 4.65. The van der Waals surface area contributed by atoms with E-state index >= 15 is 0 Å². The first kappa shape index (κ1) is 14.0. The van der Waals surface area contributed by atoms with Gasteiger partial charge < -0.3 is 35.3 Å². The number of hydrogen-bond acceptors (Lipinski definition) is 7. The zero-order chi connectivity index (χ0) is 12.7. The molecule has 0 unspecified atom stereocenters. The summed E-state index contributed by atoms with van der Waals surface area (Å²) in [5, 5.41) is 46.1. The van der Waals surface area contributed by atoms with Gasteiger partial charge in [0.25, 0.3) is 0 Å². The van der Waals surface area contributed by atoms with Crippen LogP contribution in [0.1, 0.15) is 0 Å². The van der Waals surface area contributed by atoms with Gasteiger partial charge in [-0.1, -0.05) is 0 Å². The van der Waals surface area contributed by atoms with Crippen molar-refractivity contribution in [2.75, 3.05) is 0 Å². The summed E-state index contributed by atoms with van der Waals surface area (Å²) < 4.78 is 14.5. The Labute approximate surface area is 89.8 Å². The van der Waals surface area contributed by atoms with E-state index in [4.69, 9.17) is 14.9 Å². The Morgan fingerprint density at radius 3 is 1.38 bits per heavy atom. The lowest BCUT2D eigenvalue weighted by Crippen LogP contribution is -2.64. The van der Waals surface area contributed by atoms with E-state index in [1.807, 2.05) is 0 Å². The minimum Gasteiger partial charge on any atom is -0.387 e. The molecule has 1 fully saturated rings. The third-order valence-corrected chi connectivity index (χ3v) is 2.85. The summed E-state index contributed by atoms with van der Waals surface area (Å²) in [4.78, 5) is 17.0. The van der Waals surface area contributed by atoms with Gasteiger partial charge in [0.05, 0.1) is 0 Å². The predicted octanol–water partition coefficient (Wildman–Crippen LogP) is -3.72. The van der Waals surface area contributed by atoms with Gasteiger partial charge in [0, 0.05) is 0 Å². The number of aliphatic hydroxyl groups is 5. The zero-order valence-corrected chi connectivity index (χ0v) is 8.75. The highest BCUT2D eigenvalue weighted by molar-refractivity contribution is 7.46. The average Bonchev–Trinajstić information content (AvgIpc) is 2.17. The van der Waals surface area contributed by atoms with Crippen molar-refractivity contribution >= 4 is 7.82 Å². The van der Waals surface area contributed by atoms with E-state index in [1.54, 1.807) is 0 Å². The van der Waals surface area contributed by atoms with Crippen LogP contribution in [0.2, 0.25) is 0 Å². The van der Waals surface area contributed by atoms with Gasteiger partial charge in [0.1, 0.15) is 36.6 Å². The zero-order valence-electron chi connectivity index (χ0n) is 7.86. The molecule has 1 aliphatic rings. The highest BCUT2D eigenvalue weighted by Crippen LogP contribution is 2.41. The Morgan fingerprint density at radius 2 is 1.06 bits per heavy atom. The molecule has 0 spiro atoms. The molecule has 7 N–H and O–H groups in total. The summed E-state index contributed by atoms with van der Waals surface area (Å²) in [7, 11) is -5.01. The topological polar surface area (TPSA) is 168 Å². The summed E-state index contributed by atoms with van der Waals surface area (Å²) in [5.74, 6) is 0. The van der Waals surface area contributed by atoms with Gasteiger partial charge in [0.15, 0.2) is 0 Å². The smallest absolute Gasteiger partial charge is 0.387 e. The maximum atomic E-state index is 10.5. The standard InChI is InChI=1S/C6H13O9P/c7-1-2(8)4(10)6(5(11)3(1)9)15-16(12,13)14/h1-11H,(H2,12,13,14)/t1-,2-,3-,4+,5-,6+/m1/s1. The number of phosphoric acid groups is 1. The molecular formula is C6H13O9P. The molecule has 0 aromatic carbocycles. The predicted molar refractivity (Wildman–Crippen MR) is 47.0 cm³/mol. The van der Waals surface area contributed by atoms with Crippen LogP contribution in [0, 0.1) is 0 Å². The Bertz CT molecular complexity index is 274. The molecule has 1 rings (SSSR count). The van der Waals surface area contributed by atoms with Crippen LogP contribution in [0.3, 0.4) is 0 Å². The normalized spacial score (nSPS) is 45.7. The highest BCUT2D eigenvalue weighted by atomic mass is 31.2. The largest absolute Gasteiger partial charge is 0.470 e. The van der Waals surface area contributed by atoms with Crippen LogP contribution in [-0.4, -0.2) is 71.9 Å². The van der Waals surface area contributed by atoms with Gasteiger partial charge in [-0.2, -0.15) is 0 Å². The van der Waals surface area contributed by atoms with Gasteiger partial charge in [-0.15, -0.1) is 0 Å². The van der Waals surface area contributed by atoms with Crippen LogP contribution in [0.25, 0.3) is 0 Å². The molecule has 1 saturated carbocycles. The molecule has 96 valence electrons. The molecule has 16 heavy (non-hydrogen) atoms. The molecular weight excluding hydrogens is 247 g/mol. The molecule has 0 bridgehead atoms. The average molecular weight is 260 g/mol.